The molecule has 2 aromatic carbocycles. The third-order valence-electron chi connectivity index (χ3n) is 4.04. The largest absolute Gasteiger partial charge is 0.508 e. The summed E-state index contributed by atoms with van der Waals surface area (Å²) in [6.45, 7) is 1.22. The van der Waals surface area contributed by atoms with Gasteiger partial charge in [0.2, 0.25) is 0 Å². The molecule has 6 heteroatoms. The molecule has 0 saturated carbocycles. The number of hydrogen-bond donors (Lipinski definition) is 2. The van der Waals surface area contributed by atoms with Crippen molar-refractivity contribution in [2.24, 2.45) is 5.92 Å². The van der Waals surface area contributed by atoms with Gasteiger partial charge in [0, 0.05) is 22.9 Å². The molecule has 0 amide bonds. The van der Waals surface area contributed by atoms with Gasteiger partial charge in [-0.3, -0.25) is 4.79 Å². The highest BCUT2D eigenvalue weighted by Crippen LogP contribution is 2.30. The van der Waals surface area contributed by atoms with E-state index in [2.05, 4.69) is 0 Å². The van der Waals surface area contributed by atoms with Crippen molar-refractivity contribution in [2.75, 3.05) is 13.2 Å². The zero-order valence-corrected chi connectivity index (χ0v) is 16.3. The van der Waals surface area contributed by atoms with E-state index in [0.717, 1.165) is 12.0 Å². The molecule has 0 spiro atoms. The van der Waals surface area contributed by atoms with Gasteiger partial charge in [0.15, 0.2) is 6.29 Å². The summed E-state index contributed by atoms with van der Waals surface area (Å²) in [6, 6.07) is 16.2. The average Bonchev–Trinajstić information content (AvgIpc) is 2.70. The fourth-order valence-electron chi connectivity index (χ4n) is 2.57. The van der Waals surface area contributed by atoms with Crippen molar-refractivity contribution in [1.82, 2.24) is 0 Å². The predicted octanol–water partition coefficient (Wildman–Crippen LogP) is 5.20. The Balaban J connectivity index is 0.000000336. The summed E-state index contributed by atoms with van der Waals surface area (Å²) in [5, 5.41) is 17.8. The maximum atomic E-state index is 10.4. The molecule has 150 valence electrons. The second-order valence-corrected chi connectivity index (χ2v) is 6.77. The molecule has 0 unspecified atom stereocenters. The van der Waals surface area contributed by atoms with Crippen LogP contribution in [0.25, 0.3) is 0 Å². The maximum absolute atomic E-state index is 10.4. The van der Waals surface area contributed by atoms with Gasteiger partial charge in [-0.1, -0.05) is 60.2 Å². The molecule has 1 aliphatic rings. The molecule has 2 aromatic rings. The highest BCUT2D eigenvalue weighted by Gasteiger charge is 2.24. The van der Waals surface area contributed by atoms with Gasteiger partial charge in [-0.2, -0.15) is 0 Å². The highest BCUT2D eigenvalue weighted by molar-refractivity contribution is 6.31. The molecule has 0 aliphatic carbocycles. The lowest BCUT2D eigenvalue weighted by molar-refractivity contribution is -0.204. The number of para-hydroxylation sites is 1. The van der Waals surface area contributed by atoms with Crippen molar-refractivity contribution in [3.63, 3.8) is 0 Å². The van der Waals surface area contributed by atoms with E-state index in [1.165, 1.54) is 0 Å². The number of benzene rings is 2. The van der Waals surface area contributed by atoms with Crippen molar-refractivity contribution in [2.45, 2.75) is 25.6 Å². The number of phenols is 1. The standard InChI is InChI=1S/C16H19ClO4.C6H6O/c17-14-8-5-4-7-13(14)16-20-10-12(11-21-16)6-2-1-3-9-15(18)19;7-6-4-2-1-3-5-6/h1-2,4-5,7-8,12,16H,3,6,9-11H2,(H,18,19);1-5,7H/b2-1-;. The molecule has 1 heterocycles. The molecule has 0 bridgehead atoms. The van der Waals surface area contributed by atoms with Gasteiger partial charge in [-0.25, -0.2) is 0 Å². The van der Waals surface area contributed by atoms with Gasteiger partial charge in [-0.05, 0) is 31.0 Å². The van der Waals surface area contributed by atoms with Gasteiger partial charge in [-0.15, -0.1) is 0 Å². The monoisotopic (exact) mass is 404 g/mol. The number of hydrogen-bond acceptors (Lipinski definition) is 4. The van der Waals surface area contributed by atoms with Crippen LogP contribution in [0.15, 0.2) is 66.7 Å². The first kappa shape index (κ1) is 22.0. The first-order chi connectivity index (χ1) is 13.6. The van der Waals surface area contributed by atoms with Crippen LogP contribution in [0.2, 0.25) is 5.02 Å². The van der Waals surface area contributed by atoms with Gasteiger partial charge in [0.25, 0.3) is 0 Å². The van der Waals surface area contributed by atoms with Crippen molar-refractivity contribution in [3.05, 3.63) is 77.3 Å². The number of carboxylic acids is 1. The molecule has 0 radical (unpaired) electrons. The van der Waals surface area contributed by atoms with Crippen LogP contribution in [-0.2, 0) is 14.3 Å². The van der Waals surface area contributed by atoms with Gasteiger partial charge in [0.05, 0.1) is 13.2 Å². The summed E-state index contributed by atoms with van der Waals surface area (Å²) in [7, 11) is 0. The lowest BCUT2D eigenvalue weighted by Gasteiger charge is -2.29. The summed E-state index contributed by atoms with van der Waals surface area (Å²) < 4.78 is 11.4. The molecule has 1 aliphatic heterocycles. The number of phenolic OH excluding ortho intramolecular Hbond substituents is 1. The van der Waals surface area contributed by atoms with Crippen molar-refractivity contribution >= 4 is 17.6 Å². The number of allylic oxidation sites excluding steroid dienone is 2. The summed E-state index contributed by atoms with van der Waals surface area (Å²) in [5.74, 6) is -0.154. The van der Waals surface area contributed by atoms with Gasteiger partial charge < -0.3 is 19.7 Å². The number of aromatic hydroxyl groups is 1. The summed E-state index contributed by atoms with van der Waals surface area (Å²) in [5.41, 5.74) is 0.856. The van der Waals surface area contributed by atoms with Crippen LogP contribution in [-0.4, -0.2) is 29.4 Å². The molecule has 3 rings (SSSR count). The third kappa shape index (κ3) is 8.13. The summed E-state index contributed by atoms with van der Waals surface area (Å²) in [4.78, 5) is 10.4. The third-order valence-corrected chi connectivity index (χ3v) is 4.39. The van der Waals surface area contributed by atoms with Crippen molar-refractivity contribution in [3.8, 4) is 5.75 Å². The van der Waals surface area contributed by atoms with E-state index in [9.17, 15) is 4.79 Å². The minimum atomic E-state index is -0.772. The van der Waals surface area contributed by atoms with Crippen molar-refractivity contribution < 1.29 is 24.5 Å². The molecular formula is C22H25ClO5. The number of carboxylic acid groups (broad SMARTS) is 1. The molecule has 0 aromatic heterocycles. The zero-order chi connectivity index (χ0) is 20.2. The molecule has 2 N–H and O–H groups in total. The number of aliphatic carboxylic acids is 1. The van der Waals surface area contributed by atoms with Crippen molar-refractivity contribution in [1.29, 1.82) is 0 Å². The minimum Gasteiger partial charge on any atom is -0.508 e. The van der Waals surface area contributed by atoms with Crippen LogP contribution >= 0.6 is 11.6 Å². The smallest absolute Gasteiger partial charge is 0.303 e. The molecule has 1 fully saturated rings. The van der Waals surface area contributed by atoms with Crippen LogP contribution in [0, 0.1) is 5.92 Å². The Hall–Kier alpha value is -2.34. The SMILES string of the molecule is O=C(O)CC/C=C\CC1COC(c2ccccc2Cl)OC1.Oc1ccccc1. The van der Waals surface area contributed by atoms with E-state index < -0.39 is 12.3 Å². The average molecular weight is 405 g/mol. The lowest BCUT2D eigenvalue weighted by atomic mass is 10.1. The normalized spacial score (nSPS) is 19.0. The molecule has 1 saturated heterocycles. The first-order valence-corrected chi connectivity index (χ1v) is 9.52. The van der Waals surface area contributed by atoms with E-state index in [4.69, 9.17) is 31.3 Å². The van der Waals surface area contributed by atoms with Crippen LogP contribution in [0.1, 0.15) is 31.1 Å². The minimum absolute atomic E-state index is 0.169. The van der Waals surface area contributed by atoms with E-state index in [0.29, 0.717) is 36.3 Å². The Labute approximate surface area is 170 Å². The van der Waals surface area contributed by atoms with Crippen LogP contribution in [0.4, 0.5) is 0 Å². The summed E-state index contributed by atoms with van der Waals surface area (Å²) in [6.07, 6.45) is 5.06. The van der Waals surface area contributed by atoms with Crippen LogP contribution < -0.4 is 0 Å². The number of halogens is 1. The molecular weight excluding hydrogens is 380 g/mol. The Morgan fingerprint density at radius 3 is 2.25 bits per heavy atom. The maximum Gasteiger partial charge on any atom is 0.303 e. The highest BCUT2D eigenvalue weighted by atomic mass is 35.5. The molecule has 28 heavy (non-hydrogen) atoms. The Kier molecular flexibility index (Phi) is 9.55. The molecule has 5 nitrogen and oxygen atoms in total. The van der Waals surface area contributed by atoms with Crippen LogP contribution in [0.3, 0.4) is 0 Å². The van der Waals surface area contributed by atoms with E-state index in [1.54, 1.807) is 24.3 Å². The number of ether oxygens (including phenoxy) is 2. The Morgan fingerprint density at radius 2 is 1.68 bits per heavy atom. The lowest BCUT2D eigenvalue weighted by Crippen LogP contribution is -2.26. The number of rotatable bonds is 6. The second kappa shape index (κ2) is 12.2. The first-order valence-electron chi connectivity index (χ1n) is 9.14. The topological polar surface area (TPSA) is 76.0 Å². The molecule has 0 atom stereocenters. The van der Waals surface area contributed by atoms with Crippen LogP contribution in [0.5, 0.6) is 5.75 Å². The van der Waals surface area contributed by atoms with Gasteiger partial charge >= 0.3 is 5.97 Å². The Bertz CT molecular complexity index is 740. The van der Waals surface area contributed by atoms with Gasteiger partial charge in [0.1, 0.15) is 5.75 Å². The fourth-order valence-corrected chi connectivity index (χ4v) is 2.79. The fraction of sp³-hybridized carbons (Fsp3) is 0.318. The van der Waals surface area contributed by atoms with E-state index >= 15 is 0 Å². The van der Waals surface area contributed by atoms with E-state index in [-0.39, 0.29) is 6.42 Å². The predicted molar refractivity (Wildman–Crippen MR) is 108 cm³/mol. The quantitative estimate of drug-likeness (QED) is 0.646. The summed E-state index contributed by atoms with van der Waals surface area (Å²) >= 11 is 6.12. The van der Waals surface area contributed by atoms with E-state index in [1.807, 2.05) is 42.5 Å². The zero-order valence-electron chi connectivity index (χ0n) is 15.5. The second-order valence-electron chi connectivity index (χ2n) is 6.36. The number of carbonyl (C=O) groups is 1. The Morgan fingerprint density at radius 1 is 1.04 bits per heavy atom.